The van der Waals surface area contributed by atoms with Crippen LogP contribution in [-0.4, -0.2) is 48.9 Å². The van der Waals surface area contributed by atoms with Gasteiger partial charge in [0, 0.05) is 23.7 Å². The Morgan fingerprint density at radius 2 is 1.78 bits per heavy atom. The first-order valence-corrected chi connectivity index (χ1v) is 9.88. The van der Waals surface area contributed by atoms with Gasteiger partial charge < -0.3 is 15.0 Å². The first-order chi connectivity index (χ1) is 13.0. The molecule has 1 aliphatic heterocycles. The fourth-order valence-corrected chi connectivity index (χ4v) is 4.09. The topological polar surface area (TPSA) is 75.7 Å². The fraction of sp³-hybridized carbons (Fsp3) is 0.550. The van der Waals surface area contributed by atoms with Gasteiger partial charge in [0.2, 0.25) is 0 Å². The molecule has 1 saturated carbocycles. The van der Waals surface area contributed by atoms with Gasteiger partial charge in [0.15, 0.2) is 6.61 Å². The highest BCUT2D eigenvalue weighted by molar-refractivity contribution is 6.30. The molecule has 2 atom stereocenters. The molecule has 2 amide bonds. The van der Waals surface area contributed by atoms with Gasteiger partial charge >= 0.3 is 5.97 Å². The summed E-state index contributed by atoms with van der Waals surface area (Å²) in [6.07, 6.45) is 6.04. The van der Waals surface area contributed by atoms with Crippen molar-refractivity contribution in [3.63, 3.8) is 0 Å². The molecule has 146 valence electrons. The molecule has 0 bridgehead atoms. The molecule has 1 heterocycles. The van der Waals surface area contributed by atoms with Crippen molar-refractivity contribution in [3.8, 4) is 0 Å². The molecule has 6 nitrogen and oxygen atoms in total. The zero-order chi connectivity index (χ0) is 19.2. The minimum Gasteiger partial charge on any atom is -0.454 e. The van der Waals surface area contributed by atoms with Crippen molar-refractivity contribution < 1.29 is 19.1 Å². The summed E-state index contributed by atoms with van der Waals surface area (Å²) in [5, 5.41) is 3.01. The lowest BCUT2D eigenvalue weighted by Gasteiger charge is -2.41. The van der Waals surface area contributed by atoms with E-state index in [4.69, 9.17) is 16.3 Å². The van der Waals surface area contributed by atoms with Crippen molar-refractivity contribution in [2.75, 3.05) is 26.2 Å². The third-order valence-corrected chi connectivity index (χ3v) is 5.75. The lowest BCUT2D eigenvalue weighted by molar-refractivity contribution is -0.152. The summed E-state index contributed by atoms with van der Waals surface area (Å²) in [5.74, 6) is 0.156. The van der Waals surface area contributed by atoms with Gasteiger partial charge in [-0.05, 0) is 48.9 Å². The van der Waals surface area contributed by atoms with E-state index in [1.165, 1.54) is 25.7 Å². The van der Waals surface area contributed by atoms with Gasteiger partial charge in [-0.25, -0.2) is 0 Å². The highest BCUT2D eigenvalue weighted by atomic mass is 35.5. The van der Waals surface area contributed by atoms with E-state index in [1.54, 1.807) is 24.3 Å². The maximum Gasteiger partial charge on any atom is 0.325 e. The number of benzene rings is 1. The van der Waals surface area contributed by atoms with Gasteiger partial charge in [-0.3, -0.25) is 14.4 Å². The van der Waals surface area contributed by atoms with E-state index >= 15 is 0 Å². The van der Waals surface area contributed by atoms with Crippen molar-refractivity contribution >= 4 is 29.4 Å². The molecule has 1 saturated heterocycles. The lowest BCUT2D eigenvalue weighted by atomic mass is 9.75. The van der Waals surface area contributed by atoms with Crippen LogP contribution in [0.15, 0.2) is 24.3 Å². The first-order valence-electron chi connectivity index (χ1n) is 9.50. The number of carbonyl (C=O) groups is 3. The second-order valence-electron chi connectivity index (χ2n) is 7.28. The molecule has 0 unspecified atom stereocenters. The Morgan fingerprint density at radius 1 is 1.07 bits per heavy atom. The van der Waals surface area contributed by atoms with Crippen LogP contribution in [0.25, 0.3) is 0 Å². The molecule has 3 rings (SSSR count). The van der Waals surface area contributed by atoms with Gasteiger partial charge in [0.25, 0.3) is 11.8 Å². The number of likely N-dealkylation sites (tertiary alicyclic amines) is 1. The van der Waals surface area contributed by atoms with Crippen LogP contribution in [0.2, 0.25) is 5.02 Å². The number of carbonyl (C=O) groups excluding carboxylic acids is 3. The number of halogens is 1. The minimum absolute atomic E-state index is 0.156. The molecule has 2 fully saturated rings. The van der Waals surface area contributed by atoms with Gasteiger partial charge in [-0.2, -0.15) is 0 Å². The smallest absolute Gasteiger partial charge is 0.325 e. The summed E-state index contributed by atoms with van der Waals surface area (Å²) < 4.78 is 5.03. The van der Waals surface area contributed by atoms with Crippen LogP contribution in [0.3, 0.4) is 0 Å². The molecule has 0 spiro atoms. The Labute approximate surface area is 164 Å². The number of nitrogens with zero attached hydrogens (tertiary/aromatic N) is 1. The van der Waals surface area contributed by atoms with Crippen LogP contribution >= 0.6 is 11.6 Å². The zero-order valence-corrected chi connectivity index (χ0v) is 16.0. The number of rotatable bonds is 5. The van der Waals surface area contributed by atoms with Crippen LogP contribution < -0.4 is 5.32 Å². The zero-order valence-electron chi connectivity index (χ0n) is 15.3. The Bertz CT molecular complexity index is 692. The van der Waals surface area contributed by atoms with Crippen LogP contribution in [0.1, 0.15) is 42.5 Å². The maximum atomic E-state index is 12.3. The average Bonchev–Trinajstić information content (AvgIpc) is 2.70. The highest BCUT2D eigenvalue weighted by Gasteiger charge is 2.33. The van der Waals surface area contributed by atoms with Crippen LogP contribution in [0.4, 0.5) is 0 Å². The lowest BCUT2D eigenvalue weighted by Crippen LogP contribution is -2.46. The number of hydrogen-bond donors (Lipinski definition) is 1. The van der Waals surface area contributed by atoms with E-state index in [2.05, 4.69) is 5.32 Å². The van der Waals surface area contributed by atoms with Gasteiger partial charge in [0.1, 0.15) is 6.54 Å². The number of hydrogen-bond acceptors (Lipinski definition) is 4. The van der Waals surface area contributed by atoms with Gasteiger partial charge in [-0.1, -0.05) is 30.9 Å². The standard InChI is InChI=1S/C20H25ClN2O4/c21-17-7-5-15(6-8-17)20(26)22-11-19(25)27-13-18(24)23-10-9-14-3-1-2-4-16(14)12-23/h5-8,14,16H,1-4,9-13H2,(H,22,26)/t14-,16-/m0/s1. The van der Waals surface area contributed by atoms with Crippen LogP contribution in [0, 0.1) is 11.8 Å². The van der Waals surface area contributed by atoms with Gasteiger partial charge in [-0.15, -0.1) is 0 Å². The van der Waals surface area contributed by atoms with Crippen LogP contribution in [0.5, 0.6) is 0 Å². The van der Waals surface area contributed by atoms with Crippen molar-refractivity contribution in [1.82, 2.24) is 10.2 Å². The molecule has 2 aliphatic rings. The number of nitrogens with one attached hydrogen (secondary N) is 1. The first kappa shape index (κ1) is 19.7. The van der Waals surface area contributed by atoms with E-state index in [0.29, 0.717) is 16.5 Å². The molecule has 1 aliphatic carbocycles. The third-order valence-electron chi connectivity index (χ3n) is 5.50. The molecule has 7 heteroatoms. The number of esters is 1. The largest absolute Gasteiger partial charge is 0.454 e. The fourth-order valence-electron chi connectivity index (χ4n) is 3.97. The summed E-state index contributed by atoms with van der Waals surface area (Å²) in [7, 11) is 0. The van der Waals surface area contributed by atoms with Gasteiger partial charge in [0.05, 0.1) is 0 Å². The molecule has 0 aromatic heterocycles. The Balaban J connectivity index is 1.37. The number of piperidine rings is 1. The molecule has 1 aromatic carbocycles. The van der Waals surface area contributed by atoms with Crippen LogP contribution in [-0.2, 0) is 14.3 Å². The normalized spacial score (nSPS) is 21.9. The number of fused-ring (bicyclic) bond motifs is 1. The summed E-state index contributed by atoms with van der Waals surface area (Å²) >= 11 is 5.77. The third kappa shape index (κ3) is 5.45. The van der Waals surface area contributed by atoms with E-state index in [1.807, 2.05) is 4.90 Å². The summed E-state index contributed by atoms with van der Waals surface area (Å²) in [4.78, 5) is 37.9. The second kappa shape index (κ2) is 9.22. The van der Waals surface area contributed by atoms with Crippen molar-refractivity contribution in [2.45, 2.75) is 32.1 Å². The Morgan fingerprint density at radius 3 is 2.52 bits per heavy atom. The molecule has 27 heavy (non-hydrogen) atoms. The minimum atomic E-state index is -0.627. The summed E-state index contributed by atoms with van der Waals surface area (Å²) in [6, 6.07) is 6.34. The SMILES string of the molecule is O=C(CNC(=O)c1ccc(Cl)cc1)OCC(=O)N1CC[C@@H]2CCCC[C@H]2C1. The predicted molar refractivity (Wildman–Crippen MR) is 101 cm³/mol. The monoisotopic (exact) mass is 392 g/mol. The molecular weight excluding hydrogens is 368 g/mol. The molecule has 1 aromatic rings. The molecule has 0 radical (unpaired) electrons. The summed E-state index contributed by atoms with van der Waals surface area (Å²) in [6.45, 7) is 0.964. The predicted octanol–water partition coefficient (Wildman–Crippen LogP) is 2.65. The molecule has 1 N–H and O–H groups in total. The second-order valence-corrected chi connectivity index (χ2v) is 7.72. The van der Waals surface area contributed by atoms with E-state index < -0.39 is 11.9 Å². The average molecular weight is 393 g/mol. The molecular formula is C20H25ClN2O4. The maximum absolute atomic E-state index is 12.3. The van der Waals surface area contributed by atoms with Crippen molar-refractivity contribution in [1.29, 1.82) is 0 Å². The number of amides is 2. The Kier molecular flexibility index (Phi) is 6.72. The summed E-state index contributed by atoms with van der Waals surface area (Å²) in [5.41, 5.74) is 0.402. The number of ether oxygens (including phenoxy) is 1. The Hall–Kier alpha value is -2.08. The van der Waals surface area contributed by atoms with E-state index in [-0.39, 0.29) is 19.1 Å². The van der Waals surface area contributed by atoms with Crippen molar-refractivity contribution in [2.24, 2.45) is 11.8 Å². The highest BCUT2D eigenvalue weighted by Crippen LogP contribution is 2.35. The van der Waals surface area contributed by atoms with E-state index in [9.17, 15) is 14.4 Å². The van der Waals surface area contributed by atoms with E-state index in [0.717, 1.165) is 25.4 Å². The van der Waals surface area contributed by atoms with Crippen molar-refractivity contribution in [3.05, 3.63) is 34.9 Å². The quantitative estimate of drug-likeness (QED) is 0.781.